The van der Waals surface area contributed by atoms with Crippen LogP contribution >= 0.6 is 11.3 Å². The summed E-state index contributed by atoms with van der Waals surface area (Å²) >= 11 is 1.78. The molecule has 0 aliphatic carbocycles. The molecule has 0 fully saturated rings. The maximum atomic E-state index is 9.60. The standard InChI is InChI=1S/2C28H12N4O.C28H12N4S.C22H8N8/c29-13-23-24(14-30)32-28-22-11-20-17-7-3-4-8-25(17)33-26(20)12-19(22)18-9-15-5-1-2-6-16(15)10-21(18)27(28)31-23;29-13-23-24(14-30)32-28-22-12-26-20(17-7-3-4-8-25(17)33-26)11-19(22)18-9-15-5-1-2-6-16(15)10-21(18)27(28)31-23;1-30-28-23(14-29)31-26-21-11-16-7-3-2-6-15(16)10-18(21)19-13-25-20(12-22(19)27(26)32-28)17-8-4-5-9-24(17)33-25;23-9-15-16(10-24)28-19-17(27-15)13-7-11-3-1-2-4-12(11)8-14(13)18-20(19)30-22-21(29-18)25-5-6-26-22/h2*1-12H;2-13H;1-8H. The maximum Gasteiger partial charge on any atom is 0.307 e. The van der Waals surface area contributed by atoms with Crippen molar-refractivity contribution < 1.29 is 8.83 Å². The Bertz CT molecular complexity index is 9840. The van der Waals surface area contributed by atoms with Crippen molar-refractivity contribution in [1.82, 2.24) is 59.8 Å². The van der Waals surface area contributed by atoms with Gasteiger partial charge in [0.05, 0.1) is 22.1 Å². The number of aromatic nitrogens is 12. The van der Waals surface area contributed by atoms with Crippen LogP contribution in [0.25, 0.3) is 254 Å². The molecule has 27 aromatic rings. The van der Waals surface area contributed by atoms with Gasteiger partial charge in [0.2, 0.25) is 0 Å². The van der Waals surface area contributed by atoms with Gasteiger partial charge in [0.15, 0.2) is 56.7 Å². The van der Waals surface area contributed by atoms with Gasteiger partial charge >= 0.3 is 5.82 Å². The molecule has 22 nitrogen and oxygen atoms in total. The zero-order chi connectivity index (χ0) is 86.6. The molecule has 27 rings (SSSR count). The second kappa shape index (κ2) is 28.6. The zero-order valence-electron chi connectivity index (χ0n) is 66.6. The van der Waals surface area contributed by atoms with Crippen LogP contribution in [-0.4, -0.2) is 59.8 Å². The third kappa shape index (κ3) is 11.4. The van der Waals surface area contributed by atoms with Crippen LogP contribution in [0.1, 0.15) is 39.9 Å². The van der Waals surface area contributed by atoms with Gasteiger partial charge in [0, 0.05) is 97.2 Å². The Morgan fingerprint density at radius 1 is 0.225 bits per heavy atom. The molecule has 0 aliphatic rings. The van der Waals surface area contributed by atoms with E-state index in [0.29, 0.717) is 66.5 Å². The molecule has 0 spiro atoms. The number of fused-ring (bicyclic) bond motifs is 38. The lowest BCUT2D eigenvalue weighted by atomic mass is 9.95. The molecule has 0 radical (unpaired) electrons. The summed E-state index contributed by atoms with van der Waals surface area (Å²) < 4.78 is 14.7. The topological polar surface area (TPSA) is 352 Å². The Morgan fingerprint density at radius 2 is 0.496 bits per heavy atom. The van der Waals surface area contributed by atoms with Crippen molar-refractivity contribution in [2.45, 2.75) is 0 Å². The predicted octanol–water partition coefficient (Wildman–Crippen LogP) is 24.9. The Hall–Kier alpha value is -19.4. The molecule has 9 heterocycles. The van der Waals surface area contributed by atoms with E-state index in [1.165, 1.54) is 20.2 Å². The summed E-state index contributed by atoms with van der Waals surface area (Å²) in [6.45, 7) is 7.53. The van der Waals surface area contributed by atoms with Crippen LogP contribution in [0, 0.1) is 85.9 Å². The summed E-state index contributed by atoms with van der Waals surface area (Å²) in [5, 5.41) is 95.1. The molecule has 129 heavy (non-hydrogen) atoms. The first kappa shape index (κ1) is 73.5. The molecule has 0 saturated heterocycles. The number of nitriles is 7. The van der Waals surface area contributed by atoms with Crippen LogP contribution in [0.2, 0.25) is 0 Å². The van der Waals surface area contributed by atoms with Gasteiger partial charge < -0.3 is 13.7 Å². The summed E-state index contributed by atoms with van der Waals surface area (Å²) in [6.07, 6.45) is 3.11. The van der Waals surface area contributed by atoms with Crippen molar-refractivity contribution >= 4 is 266 Å². The van der Waals surface area contributed by atoms with Crippen LogP contribution < -0.4 is 0 Å². The molecule has 18 aromatic carbocycles. The number of hydrogen-bond acceptors (Lipinski definition) is 22. The fraction of sp³-hybridized carbons (Fsp3) is 0. The molecule has 0 aliphatic heterocycles. The number of furan rings is 2. The van der Waals surface area contributed by atoms with E-state index < -0.39 is 0 Å². The van der Waals surface area contributed by atoms with Crippen LogP contribution in [-0.2, 0) is 0 Å². The van der Waals surface area contributed by atoms with Crippen LogP contribution in [0.4, 0.5) is 5.82 Å². The minimum absolute atomic E-state index is 0.0210. The lowest BCUT2D eigenvalue weighted by molar-refractivity contribution is 0.669. The normalized spacial score (nSPS) is 11.5. The fourth-order valence-corrected chi connectivity index (χ4v) is 19.3. The number of hydrogen-bond donors (Lipinski definition) is 0. The molecule has 0 unspecified atom stereocenters. The van der Waals surface area contributed by atoms with Crippen molar-refractivity contribution in [1.29, 1.82) is 36.8 Å². The maximum absolute atomic E-state index is 9.60. The minimum Gasteiger partial charge on any atom is -0.456 e. The smallest absolute Gasteiger partial charge is 0.307 e. The van der Waals surface area contributed by atoms with Crippen molar-refractivity contribution in [3.05, 3.63) is 318 Å². The van der Waals surface area contributed by atoms with Crippen LogP contribution in [0.15, 0.2) is 276 Å². The molecule has 0 atom stereocenters. The first-order valence-corrected chi connectivity index (χ1v) is 41.2. The van der Waals surface area contributed by atoms with Crippen molar-refractivity contribution in [3.63, 3.8) is 0 Å². The van der Waals surface area contributed by atoms with Crippen molar-refractivity contribution in [2.24, 2.45) is 0 Å². The van der Waals surface area contributed by atoms with Gasteiger partial charge in [-0.2, -0.15) is 36.8 Å². The summed E-state index contributed by atoms with van der Waals surface area (Å²) in [4.78, 5) is 58.0. The molecule has 0 N–H and O–H groups in total. The number of benzene rings is 18. The molecule has 0 saturated carbocycles. The van der Waals surface area contributed by atoms with E-state index in [4.69, 9.17) is 20.4 Å². The lowest BCUT2D eigenvalue weighted by Gasteiger charge is -2.11. The molecular weight excluding hydrogens is 1620 g/mol. The highest BCUT2D eigenvalue weighted by Crippen LogP contribution is 2.47. The number of nitrogens with zero attached hydrogens (tertiary/aromatic N) is 20. The van der Waals surface area contributed by atoms with Crippen molar-refractivity contribution in [3.8, 4) is 42.5 Å². The molecular formula is C106H44N20O2S. The largest absolute Gasteiger partial charge is 0.456 e. The highest BCUT2D eigenvalue weighted by atomic mass is 32.1. The Morgan fingerprint density at radius 3 is 0.915 bits per heavy atom. The molecule has 0 bridgehead atoms. The molecule has 9 aromatic heterocycles. The average molecular weight is 1660 g/mol. The summed E-state index contributed by atoms with van der Waals surface area (Å²) in [6, 6.07) is 100. The molecule has 23 heteroatoms. The van der Waals surface area contributed by atoms with Gasteiger partial charge in [0.25, 0.3) is 0 Å². The third-order valence-corrected chi connectivity index (χ3v) is 25.1. The second-order valence-corrected chi connectivity index (χ2v) is 32.0. The Balaban J connectivity index is 0.0000000956. The van der Waals surface area contributed by atoms with Crippen molar-refractivity contribution in [2.75, 3.05) is 0 Å². The van der Waals surface area contributed by atoms with Gasteiger partial charge in [-0.3, -0.25) is 0 Å². The van der Waals surface area contributed by atoms with E-state index in [9.17, 15) is 36.8 Å². The number of rotatable bonds is 0. The van der Waals surface area contributed by atoms with E-state index in [-0.39, 0.29) is 45.7 Å². The highest BCUT2D eigenvalue weighted by molar-refractivity contribution is 7.26. The van der Waals surface area contributed by atoms with Gasteiger partial charge in [-0.1, -0.05) is 158 Å². The van der Waals surface area contributed by atoms with E-state index >= 15 is 0 Å². The van der Waals surface area contributed by atoms with Crippen LogP contribution in [0.3, 0.4) is 0 Å². The zero-order valence-corrected chi connectivity index (χ0v) is 67.4. The Kier molecular flexibility index (Phi) is 16.3. The number of para-hydroxylation sites is 2. The summed E-state index contributed by atoms with van der Waals surface area (Å²) in [5.74, 6) is 0.0433. The number of thiophene rings is 1. The predicted molar refractivity (Wildman–Crippen MR) is 504 cm³/mol. The van der Waals surface area contributed by atoms with Gasteiger partial charge in [-0.05, 0) is 179 Å². The first-order chi connectivity index (χ1) is 63.5. The van der Waals surface area contributed by atoms with Gasteiger partial charge in [-0.15, -0.1) is 16.3 Å². The fourth-order valence-electron chi connectivity index (χ4n) is 18.2. The first-order valence-electron chi connectivity index (χ1n) is 40.4. The van der Waals surface area contributed by atoms with E-state index in [2.05, 4.69) is 193 Å². The Labute approximate surface area is 727 Å². The minimum atomic E-state index is -0.0486. The molecule has 0 amide bonds. The van der Waals surface area contributed by atoms with E-state index in [0.717, 1.165) is 162 Å². The van der Waals surface area contributed by atoms with Gasteiger partial charge in [-0.25, -0.2) is 54.8 Å². The van der Waals surface area contributed by atoms with E-state index in [1.54, 1.807) is 23.7 Å². The monoisotopic (exact) mass is 1660 g/mol. The SMILES string of the molecule is N#Cc1nc2c3cc4ccccc4cc3c3cc4c(cc3c2nc1C#N)oc1ccccc14.N#Cc1nc2c3cc4ccccc4cc3c3cc4oc5ccccc5c4cc3c2nc1C#N.N#Cc1nc2c3cc4ccccc4cc3c3nc4nccnc4nc3c2nc1C#N.[C-]#[N+]c1nc2c3cc4c(cc3c3cc5ccccc5cc3c2nc1C#N)sc1ccccc14. The van der Waals surface area contributed by atoms with Crippen LogP contribution in [0.5, 0.6) is 0 Å². The lowest BCUT2D eigenvalue weighted by Crippen LogP contribution is -2.00. The third-order valence-electron chi connectivity index (χ3n) is 24.0. The van der Waals surface area contributed by atoms with Gasteiger partial charge in [0.1, 0.15) is 92.4 Å². The summed E-state index contributed by atoms with van der Waals surface area (Å²) in [5.41, 5.74) is 9.78. The highest BCUT2D eigenvalue weighted by Gasteiger charge is 2.26. The molecule has 586 valence electrons. The second-order valence-electron chi connectivity index (χ2n) is 30.9. The quantitative estimate of drug-likeness (QED) is 0.0773. The van der Waals surface area contributed by atoms with E-state index in [1.807, 2.05) is 164 Å². The summed E-state index contributed by atoms with van der Waals surface area (Å²) in [7, 11) is 0. The average Bonchev–Trinajstić information content (AvgIpc) is 1.67.